The fourth-order valence-electron chi connectivity index (χ4n) is 1.98. The van der Waals surface area contributed by atoms with Gasteiger partial charge in [-0.1, -0.05) is 38.4 Å². The summed E-state index contributed by atoms with van der Waals surface area (Å²) >= 11 is 6.29. The van der Waals surface area contributed by atoms with Crippen LogP contribution in [0.15, 0.2) is 24.3 Å². The number of nitrogens with zero attached hydrogens (tertiary/aromatic N) is 2. The molecule has 18 heavy (non-hydrogen) atoms. The van der Waals surface area contributed by atoms with Crippen molar-refractivity contribution in [2.24, 2.45) is 0 Å². The van der Waals surface area contributed by atoms with E-state index >= 15 is 0 Å². The van der Waals surface area contributed by atoms with Gasteiger partial charge in [0.25, 0.3) is 0 Å². The van der Waals surface area contributed by atoms with Crippen LogP contribution in [-0.2, 0) is 5.41 Å². The van der Waals surface area contributed by atoms with E-state index in [-0.39, 0.29) is 5.41 Å². The predicted molar refractivity (Wildman–Crippen MR) is 76.7 cm³/mol. The number of aromatic nitrogens is 2. The third-order valence-corrected chi connectivity index (χ3v) is 3.15. The first kappa shape index (κ1) is 13.2. The van der Waals surface area contributed by atoms with Crippen molar-refractivity contribution in [3.63, 3.8) is 0 Å². The van der Waals surface area contributed by atoms with Gasteiger partial charge in [-0.25, -0.2) is 4.68 Å². The monoisotopic (exact) mass is 262 g/mol. The van der Waals surface area contributed by atoms with E-state index in [9.17, 15) is 0 Å². The van der Waals surface area contributed by atoms with Crippen molar-refractivity contribution in [2.75, 3.05) is 0 Å². The largest absolute Gasteiger partial charge is 0.222 e. The molecule has 2 rings (SSSR count). The SMILES string of the molecule is Cc1cc(C)cc(-n2nc(C(C)(C)C)cc2Cl)c1. The molecule has 0 unspecified atom stereocenters. The molecule has 0 aliphatic rings. The number of rotatable bonds is 1. The lowest BCUT2D eigenvalue weighted by atomic mass is 9.93. The summed E-state index contributed by atoms with van der Waals surface area (Å²) in [5.74, 6) is 0. The average molecular weight is 263 g/mol. The van der Waals surface area contributed by atoms with Crippen LogP contribution in [0, 0.1) is 13.8 Å². The van der Waals surface area contributed by atoms with Crippen LogP contribution in [-0.4, -0.2) is 9.78 Å². The highest BCUT2D eigenvalue weighted by atomic mass is 35.5. The maximum absolute atomic E-state index is 6.29. The van der Waals surface area contributed by atoms with Crippen molar-refractivity contribution in [1.29, 1.82) is 0 Å². The van der Waals surface area contributed by atoms with E-state index in [2.05, 4.69) is 57.9 Å². The van der Waals surface area contributed by atoms with Gasteiger partial charge in [0.1, 0.15) is 5.15 Å². The van der Waals surface area contributed by atoms with Crippen LogP contribution in [0.25, 0.3) is 5.69 Å². The normalized spacial score (nSPS) is 11.9. The lowest BCUT2D eigenvalue weighted by molar-refractivity contribution is 0.560. The molecule has 0 fully saturated rings. The maximum Gasteiger partial charge on any atom is 0.133 e. The van der Waals surface area contributed by atoms with E-state index in [4.69, 9.17) is 11.6 Å². The molecule has 0 bridgehead atoms. The molecule has 0 radical (unpaired) electrons. The number of benzene rings is 1. The standard InChI is InChI=1S/C15H19ClN2/c1-10-6-11(2)8-12(7-10)18-14(16)9-13(17-18)15(3,4)5/h6-9H,1-5H3. The van der Waals surface area contributed by atoms with Gasteiger partial charge in [0.15, 0.2) is 0 Å². The topological polar surface area (TPSA) is 17.8 Å². The quantitative estimate of drug-likeness (QED) is 0.743. The molecular weight excluding hydrogens is 244 g/mol. The summed E-state index contributed by atoms with van der Waals surface area (Å²) in [6.45, 7) is 10.6. The van der Waals surface area contributed by atoms with Crippen molar-refractivity contribution >= 4 is 11.6 Å². The van der Waals surface area contributed by atoms with E-state index in [1.807, 2.05) is 10.7 Å². The highest BCUT2D eigenvalue weighted by Crippen LogP contribution is 2.26. The average Bonchev–Trinajstić information content (AvgIpc) is 2.58. The van der Waals surface area contributed by atoms with E-state index in [0.29, 0.717) is 5.15 Å². The summed E-state index contributed by atoms with van der Waals surface area (Å²) in [7, 11) is 0. The molecule has 0 aliphatic heterocycles. The molecule has 0 spiro atoms. The molecule has 1 aromatic heterocycles. The minimum Gasteiger partial charge on any atom is -0.222 e. The fraction of sp³-hybridized carbons (Fsp3) is 0.400. The van der Waals surface area contributed by atoms with Crippen molar-refractivity contribution in [3.05, 3.63) is 46.2 Å². The summed E-state index contributed by atoms with van der Waals surface area (Å²) < 4.78 is 1.81. The van der Waals surface area contributed by atoms with Gasteiger partial charge in [-0.3, -0.25) is 0 Å². The Balaban J connectivity index is 2.54. The molecule has 2 aromatic rings. The molecule has 0 saturated carbocycles. The van der Waals surface area contributed by atoms with Gasteiger partial charge in [0.05, 0.1) is 11.4 Å². The first-order valence-electron chi connectivity index (χ1n) is 6.12. The van der Waals surface area contributed by atoms with Crippen LogP contribution in [0.3, 0.4) is 0 Å². The summed E-state index contributed by atoms with van der Waals surface area (Å²) in [6.07, 6.45) is 0. The molecule has 96 valence electrons. The van der Waals surface area contributed by atoms with Gasteiger partial charge in [0, 0.05) is 5.41 Å². The second-order valence-electron chi connectivity index (χ2n) is 5.86. The van der Waals surface area contributed by atoms with E-state index < -0.39 is 0 Å². The molecule has 0 amide bonds. The van der Waals surface area contributed by atoms with Crippen LogP contribution in [0.5, 0.6) is 0 Å². The summed E-state index contributed by atoms with van der Waals surface area (Å²) in [5, 5.41) is 5.28. The van der Waals surface area contributed by atoms with Crippen LogP contribution in [0.2, 0.25) is 5.15 Å². The van der Waals surface area contributed by atoms with Crippen LogP contribution >= 0.6 is 11.6 Å². The second-order valence-corrected chi connectivity index (χ2v) is 6.25. The third kappa shape index (κ3) is 2.59. The Labute approximate surface area is 114 Å². The van der Waals surface area contributed by atoms with Crippen molar-refractivity contribution in [2.45, 2.75) is 40.0 Å². The molecule has 1 heterocycles. The van der Waals surface area contributed by atoms with Crippen molar-refractivity contribution in [1.82, 2.24) is 9.78 Å². The lowest BCUT2D eigenvalue weighted by Gasteiger charge is -2.14. The molecule has 0 N–H and O–H groups in total. The number of halogens is 1. The molecule has 0 aliphatic carbocycles. The Morgan fingerprint density at radius 3 is 2.00 bits per heavy atom. The van der Waals surface area contributed by atoms with Gasteiger partial charge in [-0.15, -0.1) is 0 Å². The number of aryl methyl sites for hydroxylation is 2. The van der Waals surface area contributed by atoms with E-state index in [1.165, 1.54) is 11.1 Å². The highest BCUT2D eigenvalue weighted by Gasteiger charge is 2.19. The third-order valence-electron chi connectivity index (χ3n) is 2.89. The molecule has 3 heteroatoms. The predicted octanol–water partition coefficient (Wildman–Crippen LogP) is 4.44. The van der Waals surface area contributed by atoms with Gasteiger partial charge in [-0.05, 0) is 43.2 Å². The van der Waals surface area contributed by atoms with Crippen LogP contribution in [0.4, 0.5) is 0 Å². The number of hydrogen-bond donors (Lipinski definition) is 0. The Hall–Kier alpha value is -1.28. The maximum atomic E-state index is 6.29. The Kier molecular flexibility index (Phi) is 3.24. The zero-order valence-electron chi connectivity index (χ0n) is 11.6. The van der Waals surface area contributed by atoms with Gasteiger partial charge in [0.2, 0.25) is 0 Å². The van der Waals surface area contributed by atoms with Crippen molar-refractivity contribution < 1.29 is 0 Å². The Morgan fingerprint density at radius 1 is 1.00 bits per heavy atom. The molecule has 0 saturated heterocycles. The summed E-state index contributed by atoms with van der Waals surface area (Å²) in [4.78, 5) is 0. The first-order valence-corrected chi connectivity index (χ1v) is 6.50. The van der Waals surface area contributed by atoms with Gasteiger partial charge >= 0.3 is 0 Å². The zero-order valence-corrected chi connectivity index (χ0v) is 12.3. The van der Waals surface area contributed by atoms with E-state index in [1.54, 1.807) is 0 Å². The lowest BCUT2D eigenvalue weighted by Crippen LogP contribution is -2.12. The zero-order chi connectivity index (χ0) is 13.5. The van der Waals surface area contributed by atoms with Crippen LogP contribution < -0.4 is 0 Å². The molecular formula is C15H19ClN2. The highest BCUT2D eigenvalue weighted by molar-refractivity contribution is 6.29. The summed E-state index contributed by atoms with van der Waals surface area (Å²) in [6, 6.07) is 8.28. The molecule has 0 atom stereocenters. The van der Waals surface area contributed by atoms with E-state index in [0.717, 1.165) is 11.4 Å². The first-order chi connectivity index (χ1) is 8.27. The summed E-state index contributed by atoms with van der Waals surface area (Å²) in [5.41, 5.74) is 4.47. The van der Waals surface area contributed by atoms with Crippen LogP contribution in [0.1, 0.15) is 37.6 Å². The van der Waals surface area contributed by atoms with Crippen molar-refractivity contribution in [3.8, 4) is 5.69 Å². The fourth-order valence-corrected chi connectivity index (χ4v) is 2.22. The van der Waals surface area contributed by atoms with Gasteiger partial charge < -0.3 is 0 Å². The molecule has 1 aromatic carbocycles. The minimum absolute atomic E-state index is 0.00770. The van der Waals surface area contributed by atoms with Gasteiger partial charge in [-0.2, -0.15) is 5.10 Å². The smallest absolute Gasteiger partial charge is 0.133 e. The second kappa shape index (κ2) is 4.43. The molecule has 2 nitrogen and oxygen atoms in total. The Morgan fingerprint density at radius 2 is 1.56 bits per heavy atom. The Bertz CT molecular complexity index is 556. The number of hydrogen-bond acceptors (Lipinski definition) is 1. The minimum atomic E-state index is 0.00770.